The minimum atomic E-state index is -0.787. The van der Waals surface area contributed by atoms with Gasteiger partial charge in [-0.25, -0.2) is 5.43 Å². The zero-order valence-corrected chi connectivity index (χ0v) is 5.20. The zero-order valence-electron chi connectivity index (χ0n) is 5.20. The van der Waals surface area contributed by atoms with Gasteiger partial charge in [-0.15, -0.1) is 0 Å². The van der Waals surface area contributed by atoms with Gasteiger partial charge in [0.2, 0.25) is 0 Å². The number of carbonyl (C=O) groups is 1. The zero-order chi connectivity index (χ0) is 7.56. The summed E-state index contributed by atoms with van der Waals surface area (Å²) in [6.07, 6.45) is 0.155. The summed E-state index contributed by atoms with van der Waals surface area (Å²) >= 11 is 0. The molecular weight excluding hydrogens is 138 g/mol. The predicted molar refractivity (Wildman–Crippen MR) is 30.4 cm³/mol. The highest BCUT2D eigenvalue weighted by molar-refractivity contribution is 5.80. The average molecular weight is 146 g/mol. The molecule has 1 unspecified atom stereocenters. The quantitative estimate of drug-likeness (QED) is 0.396. The number of hydrazine groups is 2. The van der Waals surface area contributed by atoms with Crippen molar-refractivity contribution in [3.05, 3.63) is 4.91 Å². The van der Waals surface area contributed by atoms with Crippen molar-refractivity contribution in [3.8, 4) is 0 Å². The van der Waals surface area contributed by atoms with Crippen LogP contribution in [0.4, 0.5) is 0 Å². The van der Waals surface area contributed by atoms with Gasteiger partial charge in [0.15, 0.2) is 0 Å². The summed E-state index contributed by atoms with van der Waals surface area (Å²) in [5.41, 5.74) is 4.19. The third kappa shape index (κ3) is 1.06. The number of nitrogens with one attached hydrogen (secondary N) is 2. The Hall–Kier alpha value is -1.17. The number of amides is 1. The van der Waals surface area contributed by atoms with Crippen LogP contribution >= 0.6 is 0 Å². The van der Waals surface area contributed by atoms with Crippen LogP contribution in [0, 0.1) is 4.91 Å². The van der Waals surface area contributed by atoms with E-state index in [2.05, 4.69) is 11.0 Å². The standard InChI is InChI=1S/C4H7N3O3/c8-2-1-3-4(9)5-6-7(3)10/h3,8H,1-2H2,(H-,5,6,9,10)/p+1. The van der Waals surface area contributed by atoms with E-state index in [0.29, 0.717) is 4.87 Å². The molecule has 6 heteroatoms. The van der Waals surface area contributed by atoms with Crippen molar-refractivity contribution in [2.24, 2.45) is 0 Å². The average Bonchev–Trinajstić information content (AvgIpc) is 2.20. The molecule has 1 amide bonds. The van der Waals surface area contributed by atoms with E-state index in [1.807, 2.05) is 0 Å². The van der Waals surface area contributed by atoms with Crippen LogP contribution in [0.3, 0.4) is 0 Å². The minimum absolute atomic E-state index is 0.155. The molecule has 1 rings (SSSR count). The Labute approximate surface area is 56.7 Å². The van der Waals surface area contributed by atoms with E-state index in [-0.39, 0.29) is 13.0 Å². The van der Waals surface area contributed by atoms with Gasteiger partial charge in [-0.3, -0.25) is 4.79 Å². The first-order valence-corrected chi connectivity index (χ1v) is 2.88. The highest BCUT2D eigenvalue weighted by Gasteiger charge is 2.40. The second-order valence-corrected chi connectivity index (χ2v) is 1.95. The normalized spacial score (nSPS) is 24.3. The summed E-state index contributed by atoms with van der Waals surface area (Å²) in [5, 5.41) is 8.39. The molecule has 0 bridgehead atoms. The van der Waals surface area contributed by atoms with E-state index in [4.69, 9.17) is 5.11 Å². The van der Waals surface area contributed by atoms with Crippen LogP contribution in [0.25, 0.3) is 0 Å². The second-order valence-electron chi connectivity index (χ2n) is 1.95. The largest absolute Gasteiger partial charge is 0.396 e. The van der Waals surface area contributed by atoms with Gasteiger partial charge in [0.1, 0.15) is 4.87 Å². The maximum Gasteiger partial charge on any atom is 0.319 e. The predicted octanol–water partition coefficient (Wildman–Crippen LogP) is -1.93. The monoisotopic (exact) mass is 146 g/mol. The summed E-state index contributed by atoms with van der Waals surface area (Å²) in [5.74, 6) is -0.399. The molecule has 3 N–H and O–H groups in total. The maximum atomic E-state index is 10.6. The molecule has 0 radical (unpaired) electrons. The Kier molecular flexibility index (Phi) is 1.81. The number of hydrogen-bond donors (Lipinski definition) is 3. The molecule has 1 aliphatic heterocycles. The van der Waals surface area contributed by atoms with Crippen molar-refractivity contribution in [2.45, 2.75) is 12.5 Å². The minimum Gasteiger partial charge on any atom is -0.396 e. The fourth-order valence-corrected chi connectivity index (χ4v) is 0.749. The lowest BCUT2D eigenvalue weighted by Gasteiger charge is -1.89. The third-order valence-electron chi connectivity index (χ3n) is 1.28. The molecule has 1 saturated heterocycles. The first-order chi connectivity index (χ1) is 4.75. The topological polar surface area (TPSA) is 81.4 Å². The molecule has 1 heterocycles. The van der Waals surface area contributed by atoms with E-state index in [1.165, 1.54) is 0 Å². The molecule has 0 spiro atoms. The van der Waals surface area contributed by atoms with Gasteiger partial charge in [-0.05, 0) is 0 Å². The maximum absolute atomic E-state index is 10.6. The molecule has 56 valence electrons. The lowest BCUT2D eigenvalue weighted by atomic mass is 10.2. The van der Waals surface area contributed by atoms with Gasteiger partial charge in [-0.1, -0.05) is 5.53 Å². The molecular formula is C4H8N3O3+. The van der Waals surface area contributed by atoms with Gasteiger partial charge in [-0.2, -0.15) is 0 Å². The van der Waals surface area contributed by atoms with Crippen LogP contribution in [0.1, 0.15) is 6.42 Å². The summed E-state index contributed by atoms with van der Waals surface area (Å²) in [6.45, 7) is -0.168. The van der Waals surface area contributed by atoms with Crippen molar-refractivity contribution in [3.63, 3.8) is 0 Å². The first-order valence-electron chi connectivity index (χ1n) is 2.88. The van der Waals surface area contributed by atoms with E-state index in [0.717, 1.165) is 0 Å². The Balaban J connectivity index is 2.54. The molecule has 0 aromatic heterocycles. The molecule has 10 heavy (non-hydrogen) atoms. The van der Waals surface area contributed by atoms with Crippen molar-refractivity contribution in [1.82, 2.24) is 11.0 Å². The smallest absolute Gasteiger partial charge is 0.319 e. The summed E-state index contributed by atoms with van der Waals surface area (Å²) < 4.78 is 0. The van der Waals surface area contributed by atoms with Crippen LogP contribution in [-0.2, 0) is 4.79 Å². The molecule has 1 aliphatic rings. The SMILES string of the molecule is O=C1NN[N+](=O)C1CCO. The van der Waals surface area contributed by atoms with Crippen LogP contribution in [-0.4, -0.2) is 28.5 Å². The number of carbonyl (C=O) groups excluding carboxylic acids is 1. The van der Waals surface area contributed by atoms with Gasteiger partial charge in [0.25, 0.3) is 0 Å². The summed E-state index contributed by atoms with van der Waals surface area (Å²) in [6, 6.07) is -0.787. The second kappa shape index (κ2) is 2.61. The van der Waals surface area contributed by atoms with Gasteiger partial charge in [0.05, 0.1) is 17.9 Å². The molecule has 0 aromatic rings. The molecule has 1 atom stereocenters. The first kappa shape index (κ1) is 6.94. The Morgan fingerprint density at radius 3 is 2.80 bits per heavy atom. The lowest BCUT2D eigenvalue weighted by Crippen LogP contribution is -2.28. The Bertz CT molecular complexity index is 153. The number of nitrogens with zero attached hydrogens (tertiary/aromatic N) is 1. The molecule has 6 nitrogen and oxygen atoms in total. The van der Waals surface area contributed by atoms with Crippen molar-refractivity contribution >= 4 is 5.91 Å². The molecule has 0 aromatic carbocycles. The van der Waals surface area contributed by atoms with Crippen LogP contribution < -0.4 is 11.0 Å². The fraction of sp³-hybridized carbons (Fsp3) is 0.750. The van der Waals surface area contributed by atoms with E-state index < -0.39 is 11.9 Å². The summed E-state index contributed by atoms with van der Waals surface area (Å²) in [7, 11) is 0. The number of nitroso groups, excluding NO2 is 1. The number of aliphatic hydroxyl groups excluding tert-OH is 1. The van der Waals surface area contributed by atoms with Crippen LogP contribution in [0.15, 0.2) is 0 Å². The Morgan fingerprint density at radius 2 is 2.40 bits per heavy atom. The van der Waals surface area contributed by atoms with Crippen LogP contribution in [0.5, 0.6) is 0 Å². The number of hydrogen-bond acceptors (Lipinski definition) is 3. The van der Waals surface area contributed by atoms with Crippen molar-refractivity contribution in [2.75, 3.05) is 6.61 Å². The van der Waals surface area contributed by atoms with Crippen molar-refractivity contribution in [1.29, 1.82) is 0 Å². The molecule has 0 saturated carbocycles. The Morgan fingerprint density at radius 1 is 1.70 bits per heavy atom. The highest BCUT2D eigenvalue weighted by atomic mass is 16.3. The lowest BCUT2D eigenvalue weighted by molar-refractivity contribution is -0.619. The fourth-order valence-electron chi connectivity index (χ4n) is 0.749. The van der Waals surface area contributed by atoms with E-state index in [9.17, 15) is 9.70 Å². The molecule has 0 aliphatic carbocycles. The van der Waals surface area contributed by atoms with Gasteiger partial charge >= 0.3 is 11.9 Å². The third-order valence-corrected chi connectivity index (χ3v) is 1.28. The van der Waals surface area contributed by atoms with E-state index >= 15 is 0 Å². The van der Waals surface area contributed by atoms with Gasteiger partial charge in [0, 0.05) is 0 Å². The number of aliphatic hydroxyl groups is 1. The summed E-state index contributed by atoms with van der Waals surface area (Å²) in [4.78, 5) is 21.6. The van der Waals surface area contributed by atoms with Crippen molar-refractivity contribution < 1.29 is 14.8 Å². The molecule has 1 fully saturated rings. The van der Waals surface area contributed by atoms with Crippen LogP contribution in [0.2, 0.25) is 0 Å². The number of rotatable bonds is 2. The van der Waals surface area contributed by atoms with E-state index in [1.54, 1.807) is 0 Å². The van der Waals surface area contributed by atoms with Gasteiger partial charge < -0.3 is 5.11 Å². The highest BCUT2D eigenvalue weighted by Crippen LogP contribution is 1.98.